The van der Waals surface area contributed by atoms with Crippen LogP contribution in [0.4, 0.5) is 5.69 Å². The van der Waals surface area contributed by atoms with Crippen LogP contribution in [-0.2, 0) is 0 Å². The highest BCUT2D eigenvalue weighted by molar-refractivity contribution is 5.48. The van der Waals surface area contributed by atoms with E-state index in [2.05, 4.69) is 56.5 Å². The molecule has 0 saturated heterocycles. The summed E-state index contributed by atoms with van der Waals surface area (Å²) in [6.45, 7) is 10.6. The first-order chi connectivity index (χ1) is 7.08. The number of benzene rings is 1. The Labute approximate surface area is 93.1 Å². The zero-order chi connectivity index (χ0) is 11.3. The molecule has 0 unspecified atom stereocenters. The van der Waals surface area contributed by atoms with Gasteiger partial charge in [-0.2, -0.15) is 0 Å². The highest BCUT2D eigenvalue weighted by Crippen LogP contribution is 2.12. The second kappa shape index (κ2) is 5.76. The Morgan fingerprint density at radius 1 is 1.00 bits per heavy atom. The second-order valence-corrected chi connectivity index (χ2v) is 4.41. The fourth-order valence-electron chi connectivity index (χ4n) is 1.64. The van der Waals surface area contributed by atoms with Crippen LogP contribution >= 0.6 is 0 Å². The molecule has 2 heteroatoms. The smallest absolute Gasteiger partial charge is 0.0345 e. The quantitative estimate of drug-likeness (QED) is 0.724. The van der Waals surface area contributed by atoms with E-state index in [-0.39, 0.29) is 0 Å². The molecule has 0 spiro atoms. The van der Waals surface area contributed by atoms with Gasteiger partial charge >= 0.3 is 0 Å². The fraction of sp³-hybridized carbons (Fsp3) is 0.538. The van der Waals surface area contributed by atoms with Gasteiger partial charge in [0.15, 0.2) is 0 Å². The molecular formula is C13H22N2. The maximum atomic E-state index is 3.42. The summed E-state index contributed by atoms with van der Waals surface area (Å²) in [5.41, 5.74) is 3.85. The van der Waals surface area contributed by atoms with Gasteiger partial charge in [0, 0.05) is 24.8 Å². The van der Waals surface area contributed by atoms with Gasteiger partial charge in [-0.3, -0.25) is 0 Å². The van der Waals surface area contributed by atoms with E-state index in [1.54, 1.807) is 0 Å². The lowest BCUT2D eigenvalue weighted by atomic mass is 10.1. The zero-order valence-electron chi connectivity index (χ0n) is 10.2. The number of anilines is 1. The van der Waals surface area contributed by atoms with E-state index >= 15 is 0 Å². The predicted molar refractivity (Wildman–Crippen MR) is 67.5 cm³/mol. The van der Waals surface area contributed by atoms with Crippen LogP contribution < -0.4 is 10.6 Å². The molecule has 0 aliphatic carbocycles. The van der Waals surface area contributed by atoms with Crippen molar-refractivity contribution < 1.29 is 0 Å². The first-order valence-electron chi connectivity index (χ1n) is 5.63. The molecule has 0 bridgehead atoms. The van der Waals surface area contributed by atoms with Gasteiger partial charge in [0.05, 0.1) is 0 Å². The molecule has 0 radical (unpaired) electrons. The minimum absolute atomic E-state index is 0.561. The Hall–Kier alpha value is -1.02. The normalized spacial score (nSPS) is 10.7. The van der Waals surface area contributed by atoms with E-state index < -0.39 is 0 Å². The minimum atomic E-state index is 0.561. The molecule has 0 aliphatic rings. The molecule has 0 heterocycles. The molecule has 1 aromatic rings. The number of nitrogens with one attached hydrogen (secondary N) is 2. The van der Waals surface area contributed by atoms with E-state index in [1.807, 2.05) is 0 Å². The van der Waals surface area contributed by atoms with Crippen molar-refractivity contribution in [2.24, 2.45) is 0 Å². The van der Waals surface area contributed by atoms with Crippen LogP contribution in [0.3, 0.4) is 0 Å². The highest BCUT2D eigenvalue weighted by atomic mass is 15.0. The van der Waals surface area contributed by atoms with Crippen molar-refractivity contribution >= 4 is 5.69 Å². The highest BCUT2D eigenvalue weighted by Gasteiger charge is 1.95. The third-order valence-corrected chi connectivity index (χ3v) is 2.23. The predicted octanol–water partition coefficient (Wildman–Crippen LogP) is 2.71. The summed E-state index contributed by atoms with van der Waals surface area (Å²) in [5.74, 6) is 0. The maximum absolute atomic E-state index is 3.42. The maximum Gasteiger partial charge on any atom is 0.0345 e. The Morgan fingerprint density at radius 3 is 2.13 bits per heavy atom. The molecule has 84 valence electrons. The van der Waals surface area contributed by atoms with Gasteiger partial charge in [-0.15, -0.1) is 0 Å². The van der Waals surface area contributed by atoms with Gasteiger partial charge in [0.25, 0.3) is 0 Å². The lowest BCUT2D eigenvalue weighted by Gasteiger charge is -2.11. The van der Waals surface area contributed by atoms with E-state index in [4.69, 9.17) is 0 Å². The summed E-state index contributed by atoms with van der Waals surface area (Å²) >= 11 is 0. The van der Waals surface area contributed by atoms with E-state index in [1.165, 1.54) is 16.8 Å². The molecule has 0 saturated carbocycles. The van der Waals surface area contributed by atoms with Crippen LogP contribution in [0.2, 0.25) is 0 Å². The van der Waals surface area contributed by atoms with Gasteiger partial charge in [0.1, 0.15) is 0 Å². The average Bonchev–Trinajstić information content (AvgIpc) is 2.10. The summed E-state index contributed by atoms with van der Waals surface area (Å²) < 4.78 is 0. The largest absolute Gasteiger partial charge is 0.384 e. The number of hydrogen-bond donors (Lipinski definition) is 2. The summed E-state index contributed by atoms with van der Waals surface area (Å²) in [5, 5.41) is 6.80. The molecule has 2 N–H and O–H groups in total. The van der Waals surface area contributed by atoms with Gasteiger partial charge in [-0.05, 0) is 37.1 Å². The van der Waals surface area contributed by atoms with Crippen molar-refractivity contribution in [1.29, 1.82) is 0 Å². The summed E-state index contributed by atoms with van der Waals surface area (Å²) in [7, 11) is 0. The first-order valence-corrected chi connectivity index (χ1v) is 5.63. The Bertz CT molecular complexity index is 285. The van der Waals surface area contributed by atoms with Crippen molar-refractivity contribution in [2.75, 3.05) is 18.4 Å². The van der Waals surface area contributed by atoms with Gasteiger partial charge in [-0.1, -0.05) is 19.9 Å². The third kappa shape index (κ3) is 4.84. The van der Waals surface area contributed by atoms with Crippen molar-refractivity contribution in [3.05, 3.63) is 29.3 Å². The van der Waals surface area contributed by atoms with Crippen molar-refractivity contribution in [2.45, 2.75) is 33.7 Å². The van der Waals surface area contributed by atoms with Crippen molar-refractivity contribution in [1.82, 2.24) is 5.32 Å². The standard InChI is InChI=1S/C13H22N2/c1-10(2)14-5-6-15-13-8-11(3)7-12(4)9-13/h7-10,14-15H,5-6H2,1-4H3. The van der Waals surface area contributed by atoms with Crippen LogP contribution in [0.1, 0.15) is 25.0 Å². The Morgan fingerprint density at radius 2 is 1.60 bits per heavy atom. The summed E-state index contributed by atoms with van der Waals surface area (Å²) in [6, 6.07) is 7.12. The Kier molecular flexibility index (Phi) is 4.63. The molecule has 0 amide bonds. The molecular weight excluding hydrogens is 184 g/mol. The van der Waals surface area contributed by atoms with Crippen molar-refractivity contribution in [3.8, 4) is 0 Å². The zero-order valence-corrected chi connectivity index (χ0v) is 10.2. The van der Waals surface area contributed by atoms with Crippen LogP contribution in [-0.4, -0.2) is 19.1 Å². The van der Waals surface area contributed by atoms with E-state index in [9.17, 15) is 0 Å². The molecule has 0 aromatic heterocycles. The number of aryl methyl sites for hydroxylation is 2. The molecule has 2 nitrogen and oxygen atoms in total. The summed E-state index contributed by atoms with van der Waals surface area (Å²) in [4.78, 5) is 0. The minimum Gasteiger partial charge on any atom is -0.384 e. The van der Waals surface area contributed by atoms with Gasteiger partial charge in [-0.25, -0.2) is 0 Å². The van der Waals surface area contributed by atoms with Crippen LogP contribution in [0.25, 0.3) is 0 Å². The van der Waals surface area contributed by atoms with E-state index in [0.29, 0.717) is 6.04 Å². The molecule has 1 aromatic carbocycles. The van der Waals surface area contributed by atoms with Crippen LogP contribution in [0.15, 0.2) is 18.2 Å². The molecule has 0 atom stereocenters. The SMILES string of the molecule is Cc1cc(C)cc(NCCNC(C)C)c1. The van der Waals surface area contributed by atoms with Gasteiger partial charge < -0.3 is 10.6 Å². The Balaban J connectivity index is 2.37. The molecule has 0 aliphatic heterocycles. The van der Waals surface area contributed by atoms with Crippen molar-refractivity contribution in [3.63, 3.8) is 0 Å². The topological polar surface area (TPSA) is 24.1 Å². The lowest BCUT2D eigenvalue weighted by Crippen LogP contribution is -2.28. The second-order valence-electron chi connectivity index (χ2n) is 4.41. The molecule has 15 heavy (non-hydrogen) atoms. The third-order valence-electron chi connectivity index (χ3n) is 2.23. The fourth-order valence-corrected chi connectivity index (χ4v) is 1.64. The number of rotatable bonds is 5. The molecule has 0 fully saturated rings. The lowest BCUT2D eigenvalue weighted by molar-refractivity contribution is 0.602. The summed E-state index contributed by atoms with van der Waals surface area (Å²) in [6.07, 6.45) is 0. The monoisotopic (exact) mass is 206 g/mol. The first kappa shape index (κ1) is 12.1. The van der Waals surface area contributed by atoms with E-state index in [0.717, 1.165) is 13.1 Å². The number of hydrogen-bond acceptors (Lipinski definition) is 2. The molecule has 1 rings (SSSR count). The average molecular weight is 206 g/mol. The van der Waals surface area contributed by atoms with Crippen LogP contribution in [0, 0.1) is 13.8 Å². The van der Waals surface area contributed by atoms with Gasteiger partial charge in [0.2, 0.25) is 0 Å². The van der Waals surface area contributed by atoms with Crippen LogP contribution in [0.5, 0.6) is 0 Å².